The Kier molecular flexibility index (Phi) is 5.59. The van der Waals surface area contributed by atoms with Crippen LogP contribution >= 0.6 is 27.5 Å². The van der Waals surface area contributed by atoms with Crippen molar-refractivity contribution in [2.75, 3.05) is 0 Å². The summed E-state index contributed by atoms with van der Waals surface area (Å²) in [6, 6.07) is 7.44. The van der Waals surface area contributed by atoms with Gasteiger partial charge in [-0.05, 0) is 46.1 Å². The Labute approximate surface area is 136 Å². The van der Waals surface area contributed by atoms with Crippen molar-refractivity contribution < 1.29 is 9.53 Å². The van der Waals surface area contributed by atoms with E-state index in [1.54, 1.807) is 18.5 Å². The number of nitrogens with two attached hydrogens (primary N) is 1. The molecule has 4 nitrogen and oxygen atoms in total. The minimum Gasteiger partial charge on any atom is -0.486 e. The monoisotopic (exact) mass is 368 g/mol. The summed E-state index contributed by atoms with van der Waals surface area (Å²) in [5.41, 5.74) is 7.03. The molecular weight excluding hydrogens is 356 g/mol. The fourth-order valence-electron chi connectivity index (χ4n) is 1.80. The van der Waals surface area contributed by atoms with Gasteiger partial charge in [-0.15, -0.1) is 0 Å². The first kappa shape index (κ1) is 15.8. The van der Waals surface area contributed by atoms with Crippen LogP contribution in [-0.4, -0.2) is 10.9 Å². The number of carbonyl (C=O) groups excluding carboxylic acids is 1. The van der Waals surface area contributed by atoms with Gasteiger partial charge in [0.2, 0.25) is 5.91 Å². The number of amides is 1. The Morgan fingerprint density at radius 3 is 2.81 bits per heavy atom. The number of ether oxygens (including phenoxy) is 1. The van der Waals surface area contributed by atoms with E-state index in [0.29, 0.717) is 30.2 Å². The van der Waals surface area contributed by atoms with Crippen LogP contribution in [0.25, 0.3) is 0 Å². The molecule has 0 spiro atoms. The van der Waals surface area contributed by atoms with Gasteiger partial charge < -0.3 is 10.5 Å². The van der Waals surface area contributed by atoms with Crippen molar-refractivity contribution in [2.45, 2.75) is 19.4 Å². The van der Waals surface area contributed by atoms with Crippen LogP contribution in [0, 0.1) is 0 Å². The average Bonchev–Trinajstić information content (AvgIpc) is 2.45. The average molecular weight is 370 g/mol. The SMILES string of the molecule is NC(=O)CCc1cc(Cl)c(OCc2cccnc2)c(Br)c1. The lowest BCUT2D eigenvalue weighted by Gasteiger charge is -2.12. The summed E-state index contributed by atoms with van der Waals surface area (Å²) in [5.74, 6) is 0.238. The molecule has 1 aromatic carbocycles. The maximum absolute atomic E-state index is 10.8. The first-order valence-corrected chi connectivity index (χ1v) is 7.51. The van der Waals surface area contributed by atoms with E-state index in [0.717, 1.165) is 15.6 Å². The zero-order valence-electron chi connectivity index (χ0n) is 11.2. The van der Waals surface area contributed by atoms with E-state index in [1.807, 2.05) is 18.2 Å². The van der Waals surface area contributed by atoms with Gasteiger partial charge in [0.15, 0.2) is 5.75 Å². The smallest absolute Gasteiger partial charge is 0.217 e. The van der Waals surface area contributed by atoms with Gasteiger partial charge in [0.1, 0.15) is 6.61 Å². The summed E-state index contributed by atoms with van der Waals surface area (Å²) in [4.78, 5) is 14.8. The lowest BCUT2D eigenvalue weighted by atomic mass is 10.1. The minimum atomic E-state index is -0.334. The molecule has 1 heterocycles. The summed E-state index contributed by atoms with van der Waals surface area (Å²) in [7, 11) is 0. The second-order valence-electron chi connectivity index (χ2n) is 4.50. The number of primary amides is 1. The van der Waals surface area contributed by atoms with Crippen LogP contribution in [-0.2, 0) is 17.8 Å². The highest BCUT2D eigenvalue weighted by Gasteiger charge is 2.10. The van der Waals surface area contributed by atoms with Gasteiger partial charge in [-0.1, -0.05) is 17.7 Å². The molecular formula is C15H14BrClN2O2. The first-order valence-electron chi connectivity index (χ1n) is 6.34. The fraction of sp³-hybridized carbons (Fsp3) is 0.200. The molecule has 0 radical (unpaired) electrons. The van der Waals surface area contributed by atoms with E-state index in [1.165, 1.54) is 0 Å². The second-order valence-corrected chi connectivity index (χ2v) is 5.77. The number of hydrogen-bond donors (Lipinski definition) is 1. The molecule has 0 bridgehead atoms. The molecule has 0 unspecified atom stereocenters. The van der Waals surface area contributed by atoms with Crippen molar-refractivity contribution in [3.05, 3.63) is 57.3 Å². The molecule has 1 aromatic heterocycles. The van der Waals surface area contributed by atoms with Crippen molar-refractivity contribution in [1.29, 1.82) is 0 Å². The van der Waals surface area contributed by atoms with Crippen molar-refractivity contribution in [2.24, 2.45) is 5.73 Å². The predicted molar refractivity (Wildman–Crippen MR) is 85.2 cm³/mol. The van der Waals surface area contributed by atoms with Gasteiger partial charge >= 0.3 is 0 Å². The third-order valence-electron chi connectivity index (χ3n) is 2.82. The van der Waals surface area contributed by atoms with Crippen molar-refractivity contribution in [3.8, 4) is 5.75 Å². The van der Waals surface area contributed by atoms with Gasteiger partial charge in [0.25, 0.3) is 0 Å². The number of rotatable bonds is 6. The van der Waals surface area contributed by atoms with E-state index in [2.05, 4.69) is 20.9 Å². The summed E-state index contributed by atoms with van der Waals surface area (Å²) in [6.07, 6.45) is 4.29. The third-order valence-corrected chi connectivity index (χ3v) is 3.69. The van der Waals surface area contributed by atoms with Crippen LogP contribution in [0.1, 0.15) is 17.5 Å². The molecule has 2 aromatic rings. The quantitative estimate of drug-likeness (QED) is 0.847. The Hall–Kier alpha value is -1.59. The second kappa shape index (κ2) is 7.43. The molecule has 0 saturated heterocycles. The minimum absolute atomic E-state index is 0.290. The summed E-state index contributed by atoms with van der Waals surface area (Å²) < 4.78 is 6.47. The number of hydrogen-bond acceptors (Lipinski definition) is 3. The number of carbonyl (C=O) groups is 1. The first-order chi connectivity index (χ1) is 10.1. The summed E-state index contributed by atoms with van der Waals surface area (Å²) in [5, 5.41) is 0.493. The number of aromatic nitrogens is 1. The van der Waals surface area contributed by atoms with Crippen LogP contribution < -0.4 is 10.5 Å². The topological polar surface area (TPSA) is 65.2 Å². The molecule has 1 amide bonds. The van der Waals surface area contributed by atoms with Gasteiger partial charge in [0.05, 0.1) is 9.50 Å². The molecule has 2 N–H and O–H groups in total. The highest BCUT2D eigenvalue weighted by molar-refractivity contribution is 9.10. The highest BCUT2D eigenvalue weighted by Crippen LogP contribution is 2.35. The van der Waals surface area contributed by atoms with Crippen LogP contribution in [0.3, 0.4) is 0 Å². The largest absolute Gasteiger partial charge is 0.486 e. The lowest BCUT2D eigenvalue weighted by molar-refractivity contribution is -0.117. The van der Waals surface area contributed by atoms with E-state index in [-0.39, 0.29) is 5.91 Å². The van der Waals surface area contributed by atoms with Crippen LogP contribution in [0.5, 0.6) is 5.75 Å². The zero-order valence-corrected chi connectivity index (χ0v) is 13.5. The van der Waals surface area contributed by atoms with E-state index in [9.17, 15) is 4.79 Å². The zero-order chi connectivity index (χ0) is 15.2. The maximum atomic E-state index is 10.8. The number of halogens is 2. The molecule has 0 aliphatic heterocycles. The molecule has 6 heteroatoms. The Bertz CT molecular complexity index is 612. The van der Waals surface area contributed by atoms with Crippen LogP contribution in [0.4, 0.5) is 0 Å². The normalized spacial score (nSPS) is 10.4. The fourth-order valence-corrected chi connectivity index (χ4v) is 2.83. The van der Waals surface area contributed by atoms with Gasteiger partial charge in [-0.3, -0.25) is 9.78 Å². The van der Waals surface area contributed by atoms with Crippen LogP contribution in [0.2, 0.25) is 5.02 Å². The Balaban J connectivity index is 2.08. The molecule has 21 heavy (non-hydrogen) atoms. The Morgan fingerprint density at radius 1 is 1.38 bits per heavy atom. The number of benzene rings is 1. The molecule has 2 rings (SSSR count). The van der Waals surface area contributed by atoms with Gasteiger partial charge in [-0.25, -0.2) is 0 Å². The predicted octanol–water partition coefficient (Wildman–Crippen LogP) is 3.49. The van der Waals surface area contributed by atoms with Crippen molar-refractivity contribution in [1.82, 2.24) is 4.98 Å². The molecule has 0 fully saturated rings. The van der Waals surface area contributed by atoms with E-state index < -0.39 is 0 Å². The van der Waals surface area contributed by atoms with E-state index in [4.69, 9.17) is 22.1 Å². The van der Waals surface area contributed by atoms with E-state index >= 15 is 0 Å². The van der Waals surface area contributed by atoms with Gasteiger partial charge in [-0.2, -0.15) is 0 Å². The molecule has 0 aliphatic carbocycles. The Morgan fingerprint density at radius 2 is 2.19 bits per heavy atom. The summed E-state index contributed by atoms with van der Waals surface area (Å²) in [6.45, 7) is 0.382. The number of aryl methyl sites for hydroxylation is 1. The number of pyridine rings is 1. The molecule has 0 saturated carbocycles. The van der Waals surface area contributed by atoms with Crippen LogP contribution in [0.15, 0.2) is 41.1 Å². The molecule has 0 atom stereocenters. The van der Waals surface area contributed by atoms with Crippen molar-refractivity contribution >= 4 is 33.4 Å². The molecule has 110 valence electrons. The third kappa shape index (κ3) is 4.72. The highest BCUT2D eigenvalue weighted by atomic mass is 79.9. The number of nitrogens with zero attached hydrogens (tertiary/aromatic N) is 1. The standard InChI is InChI=1S/C15H14BrClN2O2/c16-12-6-10(3-4-14(18)20)7-13(17)15(12)21-9-11-2-1-5-19-8-11/h1-2,5-8H,3-4,9H2,(H2,18,20). The van der Waals surface area contributed by atoms with Gasteiger partial charge in [0, 0.05) is 24.4 Å². The maximum Gasteiger partial charge on any atom is 0.217 e. The van der Waals surface area contributed by atoms with Crippen molar-refractivity contribution in [3.63, 3.8) is 0 Å². The molecule has 0 aliphatic rings. The summed E-state index contributed by atoms with van der Waals surface area (Å²) >= 11 is 9.67. The lowest BCUT2D eigenvalue weighted by Crippen LogP contribution is -2.11.